The summed E-state index contributed by atoms with van der Waals surface area (Å²) in [7, 11) is 1.70. The molecule has 0 radical (unpaired) electrons. The first kappa shape index (κ1) is 17.8. The lowest BCUT2D eigenvalue weighted by atomic mass is 10.1. The molecule has 1 fully saturated rings. The van der Waals surface area contributed by atoms with E-state index in [1.54, 1.807) is 7.11 Å². The standard InChI is InChI=1S/C21H27NO3/c1-3-24-12-13-25-21-10-4-17(5-11-21)14-19-16-22(19)15-18-6-8-20(23-2)9-7-18/h4-11,19H,3,12-16H2,1-2H3/t19-,22?/m0/s1. The third-order valence-corrected chi connectivity index (χ3v) is 4.47. The van der Waals surface area contributed by atoms with E-state index < -0.39 is 0 Å². The summed E-state index contributed by atoms with van der Waals surface area (Å²) in [5.41, 5.74) is 2.70. The first-order chi connectivity index (χ1) is 12.3. The molecule has 1 aliphatic rings. The Kier molecular flexibility index (Phi) is 6.31. The Morgan fingerprint density at radius 3 is 2.28 bits per heavy atom. The van der Waals surface area contributed by atoms with Crippen molar-refractivity contribution in [1.82, 2.24) is 4.90 Å². The molecule has 3 rings (SSSR count). The minimum Gasteiger partial charge on any atom is -0.497 e. The molecule has 1 saturated heterocycles. The molecule has 0 aromatic heterocycles. The number of ether oxygens (including phenoxy) is 3. The summed E-state index contributed by atoms with van der Waals surface area (Å²) in [5.74, 6) is 1.82. The van der Waals surface area contributed by atoms with Crippen molar-refractivity contribution in [2.24, 2.45) is 0 Å². The molecule has 134 valence electrons. The lowest BCUT2D eigenvalue weighted by Gasteiger charge is -2.08. The maximum absolute atomic E-state index is 5.66. The Labute approximate surface area is 150 Å². The highest BCUT2D eigenvalue weighted by Gasteiger charge is 2.33. The van der Waals surface area contributed by atoms with Crippen LogP contribution in [-0.4, -0.2) is 44.4 Å². The molecule has 25 heavy (non-hydrogen) atoms. The molecule has 1 heterocycles. The summed E-state index contributed by atoms with van der Waals surface area (Å²) < 4.78 is 16.1. The van der Waals surface area contributed by atoms with E-state index in [-0.39, 0.29) is 0 Å². The average Bonchev–Trinajstić information content (AvgIpc) is 3.38. The summed E-state index contributed by atoms with van der Waals surface area (Å²) in [4.78, 5) is 2.49. The lowest BCUT2D eigenvalue weighted by Crippen LogP contribution is -2.06. The van der Waals surface area contributed by atoms with Crippen molar-refractivity contribution in [2.75, 3.05) is 33.5 Å². The molecular formula is C21H27NO3. The van der Waals surface area contributed by atoms with Gasteiger partial charge in [0, 0.05) is 25.7 Å². The normalized spacial score (nSPS) is 18.8. The fourth-order valence-corrected chi connectivity index (χ4v) is 2.93. The fraction of sp³-hybridized carbons (Fsp3) is 0.429. The average molecular weight is 341 g/mol. The SMILES string of the molecule is CCOCCOc1ccc(C[C@H]2CN2Cc2ccc(OC)cc2)cc1. The van der Waals surface area contributed by atoms with Gasteiger partial charge in [-0.3, -0.25) is 4.90 Å². The van der Waals surface area contributed by atoms with Crippen molar-refractivity contribution in [1.29, 1.82) is 0 Å². The molecule has 0 amide bonds. The van der Waals surface area contributed by atoms with Crippen molar-refractivity contribution < 1.29 is 14.2 Å². The number of nitrogens with zero attached hydrogens (tertiary/aromatic N) is 1. The van der Waals surface area contributed by atoms with E-state index in [9.17, 15) is 0 Å². The maximum atomic E-state index is 5.66. The van der Waals surface area contributed by atoms with Gasteiger partial charge in [-0.1, -0.05) is 24.3 Å². The van der Waals surface area contributed by atoms with E-state index in [2.05, 4.69) is 41.3 Å². The lowest BCUT2D eigenvalue weighted by molar-refractivity contribution is 0.110. The number of hydrogen-bond donors (Lipinski definition) is 0. The molecule has 2 aromatic rings. The van der Waals surface area contributed by atoms with Gasteiger partial charge in [0.25, 0.3) is 0 Å². The molecule has 1 unspecified atom stereocenters. The first-order valence-corrected chi connectivity index (χ1v) is 8.95. The van der Waals surface area contributed by atoms with Crippen LogP contribution in [0.2, 0.25) is 0 Å². The molecule has 0 saturated carbocycles. The molecule has 0 spiro atoms. The minimum absolute atomic E-state index is 0.603. The highest BCUT2D eigenvalue weighted by Crippen LogP contribution is 2.26. The van der Waals surface area contributed by atoms with Gasteiger partial charge >= 0.3 is 0 Å². The third kappa shape index (κ3) is 5.48. The topological polar surface area (TPSA) is 30.7 Å². The fourth-order valence-electron chi connectivity index (χ4n) is 2.93. The summed E-state index contributed by atoms with van der Waals surface area (Å²) in [6, 6.07) is 17.4. The van der Waals surface area contributed by atoms with Crippen LogP contribution in [-0.2, 0) is 17.7 Å². The van der Waals surface area contributed by atoms with Gasteiger partial charge < -0.3 is 14.2 Å². The molecule has 2 atom stereocenters. The van der Waals surface area contributed by atoms with Crippen molar-refractivity contribution in [3.8, 4) is 11.5 Å². The quantitative estimate of drug-likeness (QED) is 0.488. The van der Waals surface area contributed by atoms with Gasteiger partial charge in [0.15, 0.2) is 0 Å². The molecule has 0 aliphatic carbocycles. The van der Waals surface area contributed by atoms with Crippen molar-refractivity contribution >= 4 is 0 Å². The Bertz CT molecular complexity index is 639. The van der Waals surface area contributed by atoms with E-state index in [0.717, 1.165) is 31.1 Å². The highest BCUT2D eigenvalue weighted by molar-refractivity contribution is 5.29. The second kappa shape index (κ2) is 8.88. The van der Waals surface area contributed by atoms with Gasteiger partial charge in [0.05, 0.1) is 13.7 Å². The number of hydrogen-bond acceptors (Lipinski definition) is 4. The van der Waals surface area contributed by atoms with Crippen LogP contribution < -0.4 is 9.47 Å². The van der Waals surface area contributed by atoms with E-state index in [0.29, 0.717) is 19.3 Å². The van der Waals surface area contributed by atoms with Crippen LogP contribution in [0.3, 0.4) is 0 Å². The molecule has 0 bridgehead atoms. The monoisotopic (exact) mass is 341 g/mol. The van der Waals surface area contributed by atoms with Gasteiger partial charge in [-0.2, -0.15) is 0 Å². The zero-order valence-corrected chi connectivity index (χ0v) is 15.1. The van der Waals surface area contributed by atoms with Gasteiger partial charge in [0.1, 0.15) is 18.1 Å². The van der Waals surface area contributed by atoms with Gasteiger partial charge in [0.2, 0.25) is 0 Å². The third-order valence-electron chi connectivity index (χ3n) is 4.47. The van der Waals surface area contributed by atoms with Crippen LogP contribution in [0.25, 0.3) is 0 Å². The Morgan fingerprint density at radius 2 is 1.60 bits per heavy atom. The molecule has 1 aliphatic heterocycles. The molecule has 0 N–H and O–H groups in total. The van der Waals surface area contributed by atoms with Crippen LogP contribution in [0.15, 0.2) is 48.5 Å². The van der Waals surface area contributed by atoms with Crippen LogP contribution in [0.5, 0.6) is 11.5 Å². The van der Waals surface area contributed by atoms with Crippen LogP contribution in [0.1, 0.15) is 18.1 Å². The summed E-state index contributed by atoms with van der Waals surface area (Å²) >= 11 is 0. The Hall–Kier alpha value is -2.04. The highest BCUT2D eigenvalue weighted by atomic mass is 16.5. The predicted molar refractivity (Wildman–Crippen MR) is 99.3 cm³/mol. The number of rotatable bonds is 10. The molecule has 2 aromatic carbocycles. The second-order valence-electron chi connectivity index (χ2n) is 6.32. The Morgan fingerprint density at radius 1 is 0.920 bits per heavy atom. The molecular weight excluding hydrogens is 314 g/mol. The Balaban J connectivity index is 1.41. The minimum atomic E-state index is 0.603. The first-order valence-electron chi connectivity index (χ1n) is 8.95. The maximum Gasteiger partial charge on any atom is 0.119 e. The van der Waals surface area contributed by atoms with Crippen LogP contribution in [0.4, 0.5) is 0 Å². The smallest absolute Gasteiger partial charge is 0.119 e. The van der Waals surface area contributed by atoms with Crippen LogP contribution >= 0.6 is 0 Å². The summed E-state index contributed by atoms with van der Waals surface area (Å²) in [5, 5.41) is 0. The van der Waals surface area contributed by atoms with Crippen molar-refractivity contribution in [2.45, 2.75) is 25.9 Å². The largest absolute Gasteiger partial charge is 0.497 e. The molecule has 4 heteroatoms. The van der Waals surface area contributed by atoms with Crippen molar-refractivity contribution in [3.63, 3.8) is 0 Å². The van der Waals surface area contributed by atoms with E-state index in [1.165, 1.54) is 17.7 Å². The van der Waals surface area contributed by atoms with Gasteiger partial charge in [-0.05, 0) is 48.7 Å². The molecule has 4 nitrogen and oxygen atoms in total. The zero-order chi connectivity index (χ0) is 17.5. The predicted octanol–water partition coefficient (Wildman–Crippen LogP) is 3.54. The van der Waals surface area contributed by atoms with E-state index in [1.807, 2.05) is 19.1 Å². The second-order valence-corrected chi connectivity index (χ2v) is 6.32. The number of methoxy groups -OCH3 is 1. The van der Waals surface area contributed by atoms with Gasteiger partial charge in [-0.15, -0.1) is 0 Å². The van der Waals surface area contributed by atoms with Crippen molar-refractivity contribution in [3.05, 3.63) is 59.7 Å². The van der Waals surface area contributed by atoms with Crippen LogP contribution in [0, 0.1) is 0 Å². The van der Waals surface area contributed by atoms with Gasteiger partial charge in [-0.25, -0.2) is 0 Å². The van der Waals surface area contributed by atoms with E-state index in [4.69, 9.17) is 14.2 Å². The zero-order valence-electron chi connectivity index (χ0n) is 15.1. The summed E-state index contributed by atoms with van der Waals surface area (Å²) in [6.07, 6.45) is 1.09. The number of benzene rings is 2. The summed E-state index contributed by atoms with van der Waals surface area (Å²) in [6.45, 7) is 6.14. The van der Waals surface area contributed by atoms with E-state index >= 15 is 0 Å².